The van der Waals surface area contributed by atoms with Crippen molar-refractivity contribution in [3.63, 3.8) is 0 Å². The molecule has 1 N–H and O–H groups in total. The molecule has 11 aromatic rings. The maximum absolute atomic E-state index is 9.53. The van der Waals surface area contributed by atoms with Gasteiger partial charge in [0.2, 0.25) is 0 Å². The Kier molecular flexibility index (Phi) is 9.80. The first-order chi connectivity index (χ1) is 31.1. The van der Waals surface area contributed by atoms with Crippen molar-refractivity contribution in [2.45, 2.75) is 13.3 Å². The minimum absolute atomic E-state index is 0.200. The fourth-order valence-corrected chi connectivity index (χ4v) is 10.3. The van der Waals surface area contributed by atoms with Crippen molar-refractivity contribution in [2.24, 2.45) is 4.99 Å². The Morgan fingerprint density at radius 3 is 1.92 bits per heavy atom. The summed E-state index contributed by atoms with van der Waals surface area (Å²) in [5, 5.41) is 16.8. The van der Waals surface area contributed by atoms with E-state index >= 15 is 0 Å². The van der Waals surface area contributed by atoms with E-state index in [-0.39, 0.29) is 5.84 Å². The molecule has 0 aliphatic rings. The molecular formula is C58H41N3OS. The van der Waals surface area contributed by atoms with Gasteiger partial charge in [-0.1, -0.05) is 170 Å². The number of allylic oxidation sites excluding steroid dienone is 4. The van der Waals surface area contributed by atoms with Crippen LogP contribution in [0.3, 0.4) is 0 Å². The lowest BCUT2D eigenvalue weighted by Gasteiger charge is -2.19. The predicted octanol–water partition coefficient (Wildman–Crippen LogP) is 15.8. The van der Waals surface area contributed by atoms with Crippen molar-refractivity contribution in [1.82, 2.24) is 4.57 Å². The van der Waals surface area contributed by atoms with Gasteiger partial charge >= 0.3 is 0 Å². The summed E-state index contributed by atoms with van der Waals surface area (Å²) in [4.78, 5) is 5.02. The highest BCUT2D eigenvalue weighted by Crippen LogP contribution is 2.47. The minimum Gasteiger partial charge on any atom is -0.456 e. The van der Waals surface area contributed by atoms with Gasteiger partial charge in [-0.25, -0.2) is 4.99 Å². The monoisotopic (exact) mass is 827 g/mol. The van der Waals surface area contributed by atoms with Crippen molar-refractivity contribution in [1.29, 1.82) is 5.41 Å². The van der Waals surface area contributed by atoms with Crippen LogP contribution in [0.15, 0.2) is 221 Å². The second kappa shape index (κ2) is 16.2. The van der Waals surface area contributed by atoms with E-state index in [1.54, 1.807) is 0 Å². The van der Waals surface area contributed by atoms with Gasteiger partial charge < -0.3 is 8.98 Å². The highest BCUT2D eigenvalue weighted by Gasteiger charge is 2.23. The van der Waals surface area contributed by atoms with Gasteiger partial charge in [-0.3, -0.25) is 5.41 Å². The molecule has 0 atom stereocenters. The summed E-state index contributed by atoms with van der Waals surface area (Å²) >= 11 is 1.86. The maximum Gasteiger partial charge on any atom is 0.148 e. The lowest BCUT2D eigenvalue weighted by Crippen LogP contribution is -2.06. The fourth-order valence-electron chi connectivity index (χ4n) is 8.92. The van der Waals surface area contributed by atoms with Crippen LogP contribution in [0.25, 0.3) is 81.3 Å². The van der Waals surface area contributed by atoms with Crippen LogP contribution < -0.4 is 0 Å². The third kappa shape index (κ3) is 6.99. The molecule has 11 rings (SSSR count). The van der Waals surface area contributed by atoms with Gasteiger partial charge in [-0.2, -0.15) is 0 Å². The van der Waals surface area contributed by atoms with Crippen molar-refractivity contribution in [3.8, 4) is 0 Å². The number of hydrogen-bond acceptors (Lipinski definition) is 3. The number of fused-ring (bicyclic) bond motifs is 11. The van der Waals surface area contributed by atoms with E-state index in [9.17, 15) is 5.41 Å². The molecule has 0 radical (unpaired) electrons. The summed E-state index contributed by atoms with van der Waals surface area (Å²) in [5.41, 5.74) is 12.0. The van der Waals surface area contributed by atoms with Gasteiger partial charge in [-0.05, 0) is 71.7 Å². The van der Waals surface area contributed by atoms with Crippen LogP contribution in [0.2, 0.25) is 0 Å². The van der Waals surface area contributed by atoms with Gasteiger partial charge in [0.25, 0.3) is 0 Å². The van der Waals surface area contributed by atoms with E-state index < -0.39 is 0 Å². The molecule has 3 heterocycles. The van der Waals surface area contributed by atoms with E-state index in [1.165, 1.54) is 41.9 Å². The Morgan fingerprint density at radius 1 is 0.571 bits per heavy atom. The number of aliphatic imine (C=N–C) groups is 1. The van der Waals surface area contributed by atoms with E-state index in [0.29, 0.717) is 6.42 Å². The number of aromatic nitrogens is 1. The van der Waals surface area contributed by atoms with Crippen molar-refractivity contribution in [2.75, 3.05) is 0 Å². The summed E-state index contributed by atoms with van der Waals surface area (Å²) in [6.07, 6.45) is 6.89. The molecule has 0 spiro atoms. The maximum atomic E-state index is 9.53. The lowest BCUT2D eigenvalue weighted by molar-refractivity contribution is 0.669. The first-order valence-electron chi connectivity index (χ1n) is 21.2. The van der Waals surface area contributed by atoms with Crippen LogP contribution in [-0.2, 0) is 6.42 Å². The van der Waals surface area contributed by atoms with Crippen LogP contribution in [-0.4, -0.2) is 16.1 Å². The van der Waals surface area contributed by atoms with Gasteiger partial charge in [0, 0.05) is 65.0 Å². The molecule has 3 aromatic heterocycles. The molecule has 300 valence electrons. The highest BCUT2D eigenvalue weighted by atomic mass is 32.1. The molecule has 0 unspecified atom stereocenters. The summed E-state index contributed by atoms with van der Waals surface area (Å²) in [6, 6.07) is 67.8. The topological polar surface area (TPSA) is 54.3 Å². The number of hydrogen-bond donors (Lipinski definition) is 1. The van der Waals surface area contributed by atoms with E-state index in [4.69, 9.17) is 9.41 Å². The van der Waals surface area contributed by atoms with Crippen molar-refractivity contribution < 1.29 is 4.42 Å². The van der Waals surface area contributed by atoms with Gasteiger partial charge in [0.15, 0.2) is 0 Å². The molecule has 4 nitrogen and oxygen atoms in total. The Labute approximate surface area is 369 Å². The largest absolute Gasteiger partial charge is 0.456 e. The first kappa shape index (κ1) is 38.1. The van der Waals surface area contributed by atoms with Gasteiger partial charge in [-0.15, -0.1) is 11.3 Å². The average molecular weight is 828 g/mol. The summed E-state index contributed by atoms with van der Waals surface area (Å²) in [6.45, 7) is 2.01. The standard InChI is InChI=1S/C58H41N3OS/c1-38(58(59)60-48(42-24-12-5-13-25-42)33-30-39-18-6-2-7-19-39)36-47(41-22-10-4-11-23-41)51(37-40-20-8-3-9-21-40)61-49-28-16-14-26-45(49)54-50(61)34-31-43-44-32-35-53-55(57(44)63-56(43)54)46-27-15-17-29-52(46)62-53/h2-36,59H,37H2,1H3/b33-30+,38-36+,51-47-,59-58?,60-48+. The molecule has 0 bridgehead atoms. The quantitative estimate of drug-likeness (QED) is 0.0879. The second-order valence-corrected chi connectivity index (χ2v) is 16.9. The van der Waals surface area contributed by atoms with E-state index in [2.05, 4.69) is 156 Å². The summed E-state index contributed by atoms with van der Waals surface area (Å²) in [7, 11) is 0. The normalized spacial score (nSPS) is 13.0. The summed E-state index contributed by atoms with van der Waals surface area (Å²) in [5.74, 6) is 0.200. The summed E-state index contributed by atoms with van der Waals surface area (Å²) < 4.78 is 11.3. The van der Waals surface area contributed by atoms with Gasteiger partial charge in [0.05, 0.1) is 16.7 Å². The molecule has 63 heavy (non-hydrogen) atoms. The Balaban J connectivity index is 1.16. The number of nitrogens with zero attached hydrogens (tertiary/aromatic N) is 2. The molecular weight excluding hydrogens is 787 g/mol. The Hall–Kier alpha value is -7.86. The highest BCUT2D eigenvalue weighted by molar-refractivity contribution is 7.27. The van der Waals surface area contributed by atoms with Crippen LogP contribution >= 0.6 is 11.3 Å². The molecule has 0 amide bonds. The molecule has 0 saturated heterocycles. The second-order valence-electron chi connectivity index (χ2n) is 15.9. The van der Waals surface area contributed by atoms with Crippen LogP contribution in [0.5, 0.6) is 0 Å². The van der Waals surface area contributed by atoms with Crippen LogP contribution in [0, 0.1) is 5.41 Å². The Bertz CT molecular complexity index is 3640. The van der Waals surface area contributed by atoms with Gasteiger partial charge in [0.1, 0.15) is 17.0 Å². The van der Waals surface area contributed by atoms with Crippen LogP contribution in [0.1, 0.15) is 29.2 Å². The number of benzene rings is 8. The van der Waals surface area contributed by atoms with Crippen molar-refractivity contribution in [3.05, 3.63) is 234 Å². The molecule has 0 saturated carbocycles. The molecule has 5 heteroatoms. The smallest absolute Gasteiger partial charge is 0.148 e. The molecule has 0 aliphatic heterocycles. The number of para-hydroxylation sites is 2. The van der Waals surface area contributed by atoms with E-state index in [0.717, 1.165) is 66.8 Å². The first-order valence-corrected chi connectivity index (χ1v) is 22.1. The molecule has 0 fully saturated rings. The lowest BCUT2D eigenvalue weighted by atomic mass is 9.96. The van der Waals surface area contributed by atoms with Crippen LogP contribution in [0.4, 0.5) is 0 Å². The number of rotatable bonds is 9. The number of amidine groups is 1. The molecule has 8 aromatic carbocycles. The molecule has 0 aliphatic carbocycles. The number of thiophene rings is 1. The van der Waals surface area contributed by atoms with Crippen molar-refractivity contribution >= 4 is 104 Å². The third-order valence-electron chi connectivity index (χ3n) is 11.9. The predicted molar refractivity (Wildman–Crippen MR) is 269 cm³/mol. The van der Waals surface area contributed by atoms with E-state index in [1.807, 2.05) is 78.9 Å². The number of nitrogens with one attached hydrogen (secondary N) is 1. The zero-order chi connectivity index (χ0) is 42.3. The minimum atomic E-state index is 0.200. The third-order valence-corrected chi connectivity index (χ3v) is 13.2. The number of furan rings is 1. The fraction of sp³-hybridized carbons (Fsp3) is 0.0345. The zero-order valence-electron chi connectivity index (χ0n) is 34.6. The zero-order valence-corrected chi connectivity index (χ0v) is 35.4. The Morgan fingerprint density at radius 2 is 1.17 bits per heavy atom. The average Bonchev–Trinajstić information content (AvgIpc) is 4.02. The SMILES string of the molecule is C/C(=C\C(=C(/Cc1ccccc1)n1c2ccccc2c2c3sc4c(ccc5oc6ccccc6c54)c3ccc21)c1ccccc1)C(=N)/N=C(\C=C\c1ccccc1)c1ccccc1.